The lowest BCUT2D eigenvalue weighted by Gasteiger charge is -2.04. The molecule has 0 radical (unpaired) electrons. The first kappa shape index (κ1) is 21.1. The van der Waals surface area contributed by atoms with Crippen LogP contribution in [-0.2, 0) is 9.47 Å². The van der Waals surface area contributed by atoms with Gasteiger partial charge in [0.2, 0.25) is 0 Å². The standard InChI is InChI=1S/C20H19N3O6S/c1-10-15(19(25)28-3)18(30-16(10)20(26)29-4)21-17(24)14-9-13(22-23-14)11-5-7-12(27-2)8-6-11/h5-9H,1-4H3,(H,21,24)(H,22,23). The van der Waals surface area contributed by atoms with E-state index in [-0.39, 0.29) is 21.1 Å². The fourth-order valence-corrected chi connectivity index (χ4v) is 3.86. The van der Waals surface area contributed by atoms with Crippen molar-refractivity contribution < 1.29 is 28.6 Å². The number of carbonyl (C=O) groups is 3. The van der Waals surface area contributed by atoms with Crippen LogP contribution in [0.25, 0.3) is 11.3 Å². The molecule has 0 saturated heterocycles. The molecule has 156 valence electrons. The van der Waals surface area contributed by atoms with E-state index in [2.05, 4.69) is 15.5 Å². The van der Waals surface area contributed by atoms with Crippen molar-refractivity contribution in [1.29, 1.82) is 0 Å². The minimum absolute atomic E-state index is 0.103. The number of hydrogen-bond acceptors (Lipinski definition) is 8. The zero-order chi connectivity index (χ0) is 21.8. The number of thiophene rings is 1. The number of esters is 2. The molecular weight excluding hydrogens is 410 g/mol. The third-order valence-electron chi connectivity index (χ3n) is 4.34. The number of amides is 1. The summed E-state index contributed by atoms with van der Waals surface area (Å²) < 4.78 is 14.7. The number of aromatic nitrogens is 2. The second-order valence-electron chi connectivity index (χ2n) is 6.09. The van der Waals surface area contributed by atoms with Gasteiger partial charge in [0.15, 0.2) is 0 Å². The molecule has 0 spiro atoms. The summed E-state index contributed by atoms with van der Waals surface area (Å²) in [5.41, 5.74) is 2.01. The zero-order valence-corrected chi connectivity index (χ0v) is 17.5. The van der Waals surface area contributed by atoms with Crippen LogP contribution in [0.2, 0.25) is 0 Å². The van der Waals surface area contributed by atoms with Gasteiger partial charge in [-0.1, -0.05) is 0 Å². The molecule has 1 aromatic carbocycles. The number of aromatic amines is 1. The maximum absolute atomic E-state index is 12.7. The monoisotopic (exact) mass is 429 g/mol. The van der Waals surface area contributed by atoms with E-state index in [0.717, 1.165) is 16.9 Å². The predicted molar refractivity (Wildman–Crippen MR) is 110 cm³/mol. The van der Waals surface area contributed by atoms with Gasteiger partial charge in [0.25, 0.3) is 5.91 Å². The van der Waals surface area contributed by atoms with Gasteiger partial charge in [-0.25, -0.2) is 9.59 Å². The molecule has 0 bridgehead atoms. The Bertz CT molecular complexity index is 1100. The van der Waals surface area contributed by atoms with Crippen LogP contribution in [0.15, 0.2) is 30.3 Å². The molecule has 3 rings (SSSR count). The molecule has 0 unspecified atom stereocenters. The van der Waals surface area contributed by atoms with Crippen LogP contribution in [0.4, 0.5) is 5.00 Å². The normalized spacial score (nSPS) is 10.4. The van der Waals surface area contributed by atoms with Crippen LogP contribution in [0, 0.1) is 6.92 Å². The highest BCUT2D eigenvalue weighted by Gasteiger charge is 2.27. The Kier molecular flexibility index (Phi) is 6.17. The average Bonchev–Trinajstić information content (AvgIpc) is 3.38. The van der Waals surface area contributed by atoms with Gasteiger partial charge in [0.05, 0.1) is 32.6 Å². The number of nitrogens with one attached hydrogen (secondary N) is 2. The number of benzene rings is 1. The summed E-state index contributed by atoms with van der Waals surface area (Å²) in [4.78, 5) is 37.1. The topological polar surface area (TPSA) is 120 Å². The molecule has 0 aliphatic rings. The average molecular weight is 429 g/mol. The SMILES string of the molecule is COC(=O)c1sc(NC(=O)c2cc(-c3ccc(OC)cc3)n[nH]2)c(C(=O)OC)c1C. The minimum atomic E-state index is -0.669. The summed E-state index contributed by atoms with van der Waals surface area (Å²) in [5.74, 6) is -1.09. The first-order chi connectivity index (χ1) is 14.4. The van der Waals surface area contributed by atoms with E-state index in [1.165, 1.54) is 14.2 Å². The second-order valence-corrected chi connectivity index (χ2v) is 7.11. The summed E-state index contributed by atoms with van der Waals surface area (Å²) >= 11 is 0.937. The molecule has 9 nitrogen and oxygen atoms in total. The van der Waals surface area contributed by atoms with E-state index in [0.29, 0.717) is 17.0 Å². The van der Waals surface area contributed by atoms with Crippen LogP contribution in [0.5, 0.6) is 5.75 Å². The zero-order valence-electron chi connectivity index (χ0n) is 16.7. The van der Waals surface area contributed by atoms with E-state index in [9.17, 15) is 14.4 Å². The molecule has 0 saturated carbocycles. The van der Waals surface area contributed by atoms with E-state index in [4.69, 9.17) is 14.2 Å². The highest BCUT2D eigenvalue weighted by atomic mass is 32.1. The number of ether oxygens (including phenoxy) is 3. The molecule has 3 aromatic rings. The molecule has 0 fully saturated rings. The Morgan fingerprint density at radius 2 is 1.70 bits per heavy atom. The molecular formula is C20H19N3O6S. The first-order valence-corrected chi connectivity index (χ1v) is 9.52. The maximum Gasteiger partial charge on any atom is 0.348 e. The van der Waals surface area contributed by atoms with Gasteiger partial charge in [0, 0.05) is 5.56 Å². The lowest BCUT2D eigenvalue weighted by molar-refractivity contribution is 0.0601. The highest BCUT2D eigenvalue weighted by molar-refractivity contribution is 7.18. The van der Waals surface area contributed by atoms with Gasteiger partial charge < -0.3 is 19.5 Å². The Balaban J connectivity index is 1.88. The lowest BCUT2D eigenvalue weighted by atomic mass is 10.1. The molecule has 0 aliphatic carbocycles. The molecule has 2 N–H and O–H groups in total. The summed E-state index contributed by atoms with van der Waals surface area (Å²) in [5, 5.41) is 9.66. The van der Waals surface area contributed by atoms with Crippen molar-refractivity contribution in [3.8, 4) is 17.0 Å². The molecule has 0 aliphatic heterocycles. The fourth-order valence-electron chi connectivity index (χ4n) is 2.75. The van der Waals surface area contributed by atoms with Crippen LogP contribution >= 0.6 is 11.3 Å². The second kappa shape index (κ2) is 8.78. The lowest BCUT2D eigenvalue weighted by Crippen LogP contribution is -2.14. The molecule has 0 atom stereocenters. The van der Waals surface area contributed by atoms with Crippen molar-refractivity contribution in [3.63, 3.8) is 0 Å². The summed E-state index contributed by atoms with van der Waals surface area (Å²) in [6.07, 6.45) is 0. The van der Waals surface area contributed by atoms with Crippen LogP contribution in [0.3, 0.4) is 0 Å². The van der Waals surface area contributed by atoms with Crippen molar-refractivity contribution >= 4 is 34.2 Å². The van der Waals surface area contributed by atoms with Gasteiger partial charge in [-0.05, 0) is 42.8 Å². The number of anilines is 1. The molecule has 2 heterocycles. The predicted octanol–water partition coefficient (Wildman–Crippen LogP) is 3.28. The Hall–Kier alpha value is -3.66. The summed E-state index contributed by atoms with van der Waals surface area (Å²) in [7, 11) is 4.04. The summed E-state index contributed by atoms with van der Waals surface area (Å²) in [6.45, 7) is 1.59. The maximum atomic E-state index is 12.7. The molecule has 1 amide bonds. The first-order valence-electron chi connectivity index (χ1n) is 8.70. The smallest absolute Gasteiger partial charge is 0.348 e. The van der Waals surface area contributed by atoms with Crippen molar-refractivity contribution in [2.45, 2.75) is 6.92 Å². The van der Waals surface area contributed by atoms with Crippen molar-refractivity contribution in [3.05, 3.63) is 52.0 Å². The van der Waals surface area contributed by atoms with Gasteiger partial charge in [-0.15, -0.1) is 11.3 Å². The van der Waals surface area contributed by atoms with Crippen molar-refractivity contribution in [2.75, 3.05) is 26.6 Å². The fraction of sp³-hybridized carbons (Fsp3) is 0.200. The van der Waals surface area contributed by atoms with E-state index >= 15 is 0 Å². The number of nitrogens with zero attached hydrogens (tertiary/aromatic N) is 1. The van der Waals surface area contributed by atoms with Gasteiger partial charge in [0.1, 0.15) is 21.3 Å². The van der Waals surface area contributed by atoms with Gasteiger partial charge in [-0.3, -0.25) is 9.89 Å². The van der Waals surface area contributed by atoms with E-state index < -0.39 is 17.8 Å². The minimum Gasteiger partial charge on any atom is -0.497 e. The number of H-pyrrole nitrogens is 1. The highest BCUT2D eigenvalue weighted by Crippen LogP contribution is 2.34. The number of rotatable bonds is 6. The van der Waals surface area contributed by atoms with Crippen LogP contribution in [-0.4, -0.2) is 49.4 Å². The number of methoxy groups -OCH3 is 3. The number of carbonyl (C=O) groups excluding carboxylic acids is 3. The molecule has 2 aromatic heterocycles. The number of hydrogen-bond donors (Lipinski definition) is 2. The van der Waals surface area contributed by atoms with Crippen LogP contribution in [0.1, 0.15) is 36.1 Å². The third-order valence-corrected chi connectivity index (χ3v) is 5.53. The Labute approximate surface area is 176 Å². The van der Waals surface area contributed by atoms with Crippen molar-refractivity contribution in [1.82, 2.24) is 10.2 Å². The van der Waals surface area contributed by atoms with Crippen LogP contribution < -0.4 is 10.1 Å². The van der Waals surface area contributed by atoms with Gasteiger partial charge >= 0.3 is 11.9 Å². The quantitative estimate of drug-likeness (QED) is 0.577. The molecule has 30 heavy (non-hydrogen) atoms. The molecule has 10 heteroatoms. The van der Waals surface area contributed by atoms with Crippen molar-refractivity contribution in [2.24, 2.45) is 0 Å². The Morgan fingerprint density at radius 3 is 2.30 bits per heavy atom. The van der Waals surface area contributed by atoms with Gasteiger partial charge in [-0.2, -0.15) is 5.10 Å². The Morgan fingerprint density at radius 1 is 1.03 bits per heavy atom. The summed E-state index contributed by atoms with van der Waals surface area (Å²) in [6, 6.07) is 8.79. The third kappa shape index (κ3) is 4.03. The van der Waals surface area contributed by atoms with E-state index in [1.54, 1.807) is 32.2 Å². The van der Waals surface area contributed by atoms with E-state index in [1.807, 2.05) is 12.1 Å². The largest absolute Gasteiger partial charge is 0.497 e.